The van der Waals surface area contributed by atoms with Crippen LogP contribution in [0.5, 0.6) is 5.75 Å². The van der Waals surface area contributed by atoms with Gasteiger partial charge in [0.15, 0.2) is 0 Å². The average molecular weight is 272 g/mol. The second-order valence-corrected chi connectivity index (χ2v) is 4.99. The van der Waals surface area contributed by atoms with E-state index in [4.69, 9.17) is 16.3 Å². The van der Waals surface area contributed by atoms with E-state index in [1.165, 1.54) is 5.56 Å². The molecule has 0 saturated carbocycles. The lowest BCUT2D eigenvalue weighted by Crippen LogP contribution is -1.94. The highest BCUT2D eigenvalue weighted by molar-refractivity contribution is 6.35. The van der Waals surface area contributed by atoms with E-state index in [0.717, 1.165) is 27.2 Å². The van der Waals surface area contributed by atoms with Gasteiger partial charge in [0.2, 0.25) is 0 Å². The molecule has 0 spiro atoms. The van der Waals surface area contributed by atoms with Crippen molar-refractivity contribution in [1.82, 2.24) is 4.98 Å². The van der Waals surface area contributed by atoms with Gasteiger partial charge in [-0.1, -0.05) is 35.4 Å². The van der Waals surface area contributed by atoms with Gasteiger partial charge < -0.3 is 9.72 Å². The fourth-order valence-electron chi connectivity index (χ4n) is 2.12. The van der Waals surface area contributed by atoms with Gasteiger partial charge in [-0.05, 0) is 31.2 Å². The number of hydrogen-bond acceptors (Lipinski definition) is 1. The SMILES string of the molecule is Cc1ccc(OCc2c[nH]c3cccc(Cl)c23)cc1. The Hall–Kier alpha value is -1.93. The number of fused-ring (bicyclic) bond motifs is 1. The van der Waals surface area contributed by atoms with Crippen molar-refractivity contribution in [2.24, 2.45) is 0 Å². The van der Waals surface area contributed by atoms with Gasteiger partial charge in [-0.2, -0.15) is 0 Å². The molecule has 1 heterocycles. The number of ether oxygens (including phenoxy) is 1. The fraction of sp³-hybridized carbons (Fsp3) is 0.125. The van der Waals surface area contributed by atoms with E-state index in [-0.39, 0.29) is 0 Å². The van der Waals surface area contributed by atoms with Gasteiger partial charge >= 0.3 is 0 Å². The lowest BCUT2D eigenvalue weighted by atomic mass is 10.2. The van der Waals surface area contributed by atoms with E-state index in [9.17, 15) is 0 Å². The minimum Gasteiger partial charge on any atom is -0.489 e. The first-order valence-electron chi connectivity index (χ1n) is 6.18. The maximum Gasteiger partial charge on any atom is 0.119 e. The van der Waals surface area contributed by atoms with Gasteiger partial charge in [-0.3, -0.25) is 0 Å². The van der Waals surface area contributed by atoms with Gasteiger partial charge in [0.1, 0.15) is 12.4 Å². The van der Waals surface area contributed by atoms with Crippen molar-refractivity contribution < 1.29 is 4.74 Å². The molecule has 3 aromatic rings. The molecule has 0 radical (unpaired) electrons. The first-order valence-corrected chi connectivity index (χ1v) is 6.56. The molecule has 0 aliphatic heterocycles. The number of hydrogen-bond donors (Lipinski definition) is 1. The smallest absolute Gasteiger partial charge is 0.119 e. The molecule has 2 nitrogen and oxygen atoms in total. The van der Waals surface area contributed by atoms with Gasteiger partial charge in [0.25, 0.3) is 0 Å². The van der Waals surface area contributed by atoms with E-state index in [0.29, 0.717) is 6.61 Å². The van der Waals surface area contributed by atoms with Crippen molar-refractivity contribution in [3.8, 4) is 5.75 Å². The lowest BCUT2D eigenvalue weighted by molar-refractivity contribution is 0.307. The van der Waals surface area contributed by atoms with E-state index in [1.54, 1.807) is 0 Å². The van der Waals surface area contributed by atoms with Crippen LogP contribution in [0.1, 0.15) is 11.1 Å². The van der Waals surface area contributed by atoms with Gasteiger partial charge in [0.05, 0.1) is 5.02 Å². The molecule has 96 valence electrons. The van der Waals surface area contributed by atoms with Crippen LogP contribution in [0.4, 0.5) is 0 Å². The summed E-state index contributed by atoms with van der Waals surface area (Å²) in [7, 11) is 0. The number of benzene rings is 2. The molecule has 0 unspecified atom stereocenters. The zero-order valence-electron chi connectivity index (χ0n) is 10.6. The molecule has 1 aromatic heterocycles. The van der Waals surface area contributed by atoms with Crippen LogP contribution in [0.25, 0.3) is 10.9 Å². The van der Waals surface area contributed by atoms with Crippen LogP contribution < -0.4 is 4.74 Å². The predicted molar refractivity (Wildman–Crippen MR) is 78.8 cm³/mol. The van der Waals surface area contributed by atoms with Crippen molar-refractivity contribution in [1.29, 1.82) is 0 Å². The fourth-order valence-corrected chi connectivity index (χ4v) is 2.41. The third-order valence-electron chi connectivity index (χ3n) is 3.15. The van der Waals surface area contributed by atoms with Crippen LogP contribution in [0.15, 0.2) is 48.7 Å². The Morgan fingerprint density at radius 2 is 1.89 bits per heavy atom. The molecule has 0 saturated heterocycles. The number of aryl methyl sites for hydroxylation is 1. The molecular weight excluding hydrogens is 258 g/mol. The summed E-state index contributed by atoms with van der Waals surface area (Å²) in [5, 5.41) is 1.79. The number of H-pyrrole nitrogens is 1. The number of aromatic nitrogens is 1. The number of aromatic amines is 1. The van der Waals surface area contributed by atoms with E-state index >= 15 is 0 Å². The minimum absolute atomic E-state index is 0.507. The third-order valence-corrected chi connectivity index (χ3v) is 3.47. The standard InChI is InChI=1S/C16H14ClNO/c1-11-5-7-13(8-6-11)19-10-12-9-18-15-4-2-3-14(17)16(12)15/h2-9,18H,10H2,1H3. The van der Waals surface area contributed by atoms with Crippen LogP contribution >= 0.6 is 11.6 Å². The number of nitrogens with one attached hydrogen (secondary N) is 1. The summed E-state index contributed by atoms with van der Waals surface area (Å²) in [6.07, 6.45) is 1.95. The topological polar surface area (TPSA) is 25.0 Å². The average Bonchev–Trinajstić information content (AvgIpc) is 2.83. The highest BCUT2D eigenvalue weighted by atomic mass is 35.5. The Morgan fingerprint density at radius 1 is 1.11 bits per heavy atom. The summed E-state index contributed by atoms with van der Waals surface area (Å²) in [6.45, 7) is 2.57. The molecule has 3 rings (SSSR count). The maximum absolute atomic E-state index is 6.23. The van der Waals surface area contributed by atoms with Gasteiger partial charge in [-0.15, -0.1) is 0 Å². The highest BCUT2D eigenvalue weighted by Gasteiger charge is 2.07. The van der Waals surface area contributed by atoms with E-state index in [1.807, 2.05) is 48.7 Å². The first kappa shape index (κ1) is 12.1. The molecule has 0 aliphatic carbocycles. The monoisotopic (exact) mass is 271 g/mol. The van der Waals surface area contributed by atoms with Crippen LogP contribution in [0, 0.1) is 6.92 Å². The number of halogens is 1. The van der Waals surface area contributed by atoms with Crippen molar-refractivity contribution in [2.75, 3.05) is 0 Å². The Kier molecular flexibility index (Phi) is 3.18. The summed E-state index contributed by atoms with van der Waals surface area (Å²) < 4.78 is 5.79. The molecule has 0 amide bonds. The second-order valence-electron chi connectivity index (χ2n) is 4.58. The molecular formula is C16H14ClNO. The largest absolute Gasteiger partial charge is 0.489 e. The Bertz CT molecular complexity index is 700. The number of rotatable bonds is 3. The zero-order valence-corrected chi connectivity index (χ0v) is 11.4. The summed E-state index contributed by atoms with van der Waals surface area (Å²) in [5.41, 5.74) is 3.33. The molecule has 0 bridgehead atoms. The molecule has 1 N–H and O–H groups in total. The molecule has 2 aromatic carbocycles. The maximum atomic E-state index is 6.23. The summed E-state index contributed by atoms with van der Waals surface area (Å²) in [6, 6.07) is 13.9. The van der Waals surface area contributed by atoms with Crippen molar-refractivity contribution in [3.63, 3.8) is 0 Å². The molecule has 3 heteroatoms. The minimum atomic E-state index is 0.507. The van der Waals surface area contributed by atoms with Crippen molar-refractivity contribution >= 4 is 22.5 Å². The first-order chi connectivity index (χ1) is 9.24. The predicted octanol–water partition coefficient (Wildman–Crippen LogP) is 4.71. The molecule has 0 atom stereocenters. The second kappa shape index (κ2) is 4.98. The normalized spacial score (nSPS) is 10.8. The van der Waals surface area contributed by atoms with Crippen molar-refractivity contribution in [3.05, 3.63) is 64.8 Å². The summed E-state index contributed by atoms with van der Waals surface area (Å²) in [5.74, 6) is 0.868. The zero-order chi connectivity index (χ0) is 13.2. The highest BCUT2D eigenvalue weighted by Crippen LogP contribution is 2.27. The Balaban J connectivity index is 1.84. The summed E-state index contributed by atoms with van der Waals surface area (Å²) >= 11 is 6.23. The lowest BCUT2D eigenvalue weighted by Gasteiger charge is -2.06. The van der Waals surface area contributed by atoms with E-state index in [2.05, 4.69) is 11.9 Å². The van der Waals surface area contributed by atoms with Crippen molar-refractivity contribution in [2.45, 2.75) is 13.5 Å². The molecule has 19 heavy (non-hydrogen) atoms. The van der Waals surface area contributed by atoms with Gasteiger partial charge in [-0.25, -0.2) is 0 Å². The van der Waals surface area contributed by atoms with Crippen LogP contribution in [-0.2, 0) is 6.61 Å². The molecule has 0 fully saturated rings. The van der Waals surface area contributed by atoms with Crippen LogP contribution in [-0.4, -0.2) is 4.98 Å². The van der Waals surface area contributed by atoms with Gasteiger partial charge in [0, 0.05) is 22.7 Å². The molecule has 0 aliphatic rings. The van der Waals surface area contributed by atoms with Crippen LogP contribution in [0.3, 0.4) is 0 Å². The van der Waals surface area contributed by atoms with E-state index < -0.39 is 0 Å². The summed E-state index contributed by atoms with van der Waals surface area (Å²) in [4.78, 5) is 3.21. The Labute approximate surface area is 117 Å². The Morgan fingerprint density at radius 3 is 2.68 bits per heavy atom. The van der Waals surface area contributed by atoms with Crippen LogP contribution in [0.2, 0.25) is 5.02 Å². The third kappa shape index (κ3) is 2.45. The quantitative estimate of drug-likeness (QED) is 0.733.